The summed E-state index contributed by atoms with van der Waals surface area (Å²) in [5, 5.41) is 13.6. The van der Waals surface area contributed by atoms with Gasteiger partial charge in [-0.25, -0.2) is 4.39 Å². The quantitative estimate of drug-likeness (QED) is 0.821. The van der Waals surface area contributed by atoms with E-state index in [9.17, 15) is 4.39 Å². The lowest BCUT2D eigenvalue weighted by Crippen LogP contribution is -2.03. The van der Waals surface area contributed by atoms with Gasteiger partial charge in [-0.15, -0.1) is 0 Å². The first-order valence-electron chi connectivity index (χ1n) is 4.98. The molecule has 0 fully saturated rings. The number of rotatable bonds is 2. The van der Waals surface area contributed by atoms with Gasteiger partial charge in [-0.1, -0.05) is 11.6 Å². The molecule has 0 atom stereocenters. The van der Waals surface area contributed by atoms with Crippen LogP contribution in [0.2, 0.25) is 5.02 Å². The highest BCUT2D eigenvalue weighted by atomic mass is 35.5. The van der Waals surface area contributed by atoms with E-state index >= 15 is 0 Å². The van der Waals surface area contributed by atoms with E-state index in [-0.39, 0.29) is 5.82 Å². The van der Waals surface area contributed by atoms with Crippen molar-refractivity contribution in [1.82, 2.24) is 9.78 Å². The largest absolute Gasteiger partial charge is 0.266 e. The van der Waals surface area contributed by atoms with Gasteiger partial charge < -0.3 is 0 Å². The van der Waals surface area contributed by atoms with Crippen LogP contribution < -0.4 is 0 Å². The first kappa shape index (κ1) is 11.6. The number of aryl methyl sites for hydroxylation is 1. The molecule has 0 N–H and O–H groups in total. The Balaban J connectivity index is 2.35. The maximum absolute atomic E-state index is 13.1. The van der Waals surface area contributed by atoms with E-state index in [2.05, 4.69) is 5.10 Å². The molecular weight excluding hydrogens is 241 g/mol. The van der Waals surface area contributed by atoms with Gasteiger partial charge in [0.05, 0.1) is 28.9 Å². The minimum atomic E-state index is -0.367. The van der Waals surface area contributed by atoms with Crippen molar-refractivity contribution in [1.29, 1.82) is 5.26 Å². The second-order valence-corrected chi connectivity index (χ2v) is 4.08. The standard InChI is InChI=1S/C12H9ClFN3/c1-8-12(13)7-17(16-8)6-10-4-11(14)3-2-9(10)5-15/h2-4,7H,6H2,1H3. The molecule has 0 radical (unpaired) electrons. The molecule has 0 aliphatic heterocycles. The Morgan fingerprint density at radius 3 is 2.88 bits per heavy atom. The van der Waals surface area contributed by atoms with E-state index in [0.717, 1.165) is 0 Å². The number of nitrogens with zero attached hydrogens (tertiary/aromatic N) is 3. The van der Waals surface area contributed by atoms with Crippen LogP contribution in [0.4, 0.5) is 4.39 Å². The van der Waals surface area contributed by atoms with Gasteiger partial charge in [0.15, 0.2) is 0 Å². The second kappa shape index (κ2) is 4.56. The molecule has 0 bridgehead atoms. The second-order valence-electron chi connectivity index (χ2n) is 3.67. The van der Waals surface area contributed by atoms with Crippen molar-refractivity contribution in [2.24, 2.45) is 0 Å². The normalized spacial score (nSPS) is 10.2. The van der Waals surface area contributed by atoms with Crippen LogP contribution in [0.3, 0.4) is 0 Å². The van der Waals surface area contributed by atoms with Crippen LogP contribution in [-0.2, 0) is 6.54 Å². The fraction of sp³-hybridized carbons (Fsp3) is 0.167. The highest BCUT2D eigenvalue weighted by Gasteiger charge is 2.07. The Morgan fingerprint density at radius 1 is 1.53 bits per heavy atom. The zero-order valence-corrected chi connectivity index (χ0v) is 9.87. The Morgan fingerprint density at radius 2 is 2.29 bits per heavy atom. The number of nitriles is 1. The molecule has 5 heteroatoms. The van der Waals surface area contributed by atoms with E-state index in [1.165, 1.54) is 18.2 Å². The van der Waals surface area contributed by atoms with Gasteiger partial charge in [-0.05, 0) is 30.7 Å². The molecule has 86 valence electrons. The molecule has 0 saturated heterocycles. The summed E-state index contributed by atoms with van der Waals surface area (Å²) in [7, 11) is 0. The van der Waals surface area contributed by atoms with Gasteiger partial charge in [-0.3, -0.25) is 4.68 Å². The summed E-state index contributed by atoms with van der Waals surface area (Å²) >= 11 is 5.88. The van der Waals surface area contributed by atoms with Crippen LogP contribution in [-0.4, -0.2) is 9.78 Å². The Kier molecular flexibility index (Phi) is 3.12. The summed E-state index contributed by atoms with van der Waals surface area (Å²) in [6.07, 6.45) is 1.66. The molecule has 2 rings (SSSR count). The molecule has 3 nitrogen and oxygen atoms in total. The maximum atomic E-state index is 13.1. The summed E-state index contributed by atoms with van der Waals surface area (Å²) in [6, 6.07) is 6.09. The molecule has 1 heterocycles. The maximum Gasteiger partial charge on any atom is 0.123 e. The van der Waals surface area contributed by atoms with Gasteiger partial charge in [0.2, 0.25) is 0 Å². The number of hydrogen-bond acceptors (Lipinski definition) is 2. The molecule has 2 aromatic rings. The van der Waals surface area contributed by atoms with Crippen molar-refractivity contribution in [3.8, 4) is 6.07 Å². The summed E-state index contributed by atoms with van der Waals surface area (Å²) in [5.41, 5.74) is 1.74. The van der Waals surface area contributed by atoms with Crippen molar-refractivity contribution in [2.75, 3.05) is 0 Å². The fourth-order valence-electron chi connectivity index (χ4n) is 1.55. The molecule has 0 spiro atoms. The van der Waals surface area contributed by atoms with E-state index in [4.69, 9.17) is 16.9 Å². The fourth-order valence-corrected chi connectivity index (χ4v) is 1.70. The predicted molar refractivity (Wildman–Crippen MR) is 62.2 cm³/mol. The minimum Gasteiger partial charge on any atom is -0.266 e. The third-order valence-corrected chi connectivity index (χ3v) is 2.78. The van der Waals surface area contributed by atoms with Crippen molar-refractivity contribution in [2.45, 2.75) is 13.5 Å². The zero-order valence-electron chi connectivity index (χ0n) is 9.11. The highest BCUT2D eigenvalue weighted by molar-refractivity contribution is 6.31. The Hall–Kier alpha value is -1.86. The lowest BCUT2D eigenvalue weighted by Gasteiger charge is -2.04. The summed E-state index contributed by atoms with van der Waals surface area (Å²) in [4.78, 5) is 0. The lowest BCUT2D eigenvalue weighted by molar-refractivity contribution is 0.618. The summed E-state index contributed by atoms with van der Waals surface area (Å²) in [5.74, 6) is -0.367. The van der Waals surface area contributed by atoms with Gasteiger partial charge in [0.1, 0.15) is 5.82 Å². The van der Waals surface area contributed by atoms with Crippen LogP contribution in [0.1, 0.15) is 16.8 Å². The van der Waals surface area contributed by atoms with Gasteiger partial charge >= 0.3 is 0 Å². The van der Waals surface area contributed by atoms with Crippen LogP contribution in [0, 0.1) is 24.1 Å². The van der Waals surface area contributed by atoms with Crippen molar-refractivity contribution in [3.63, 3.8) is 0 Å². The summed E-state index contributed by atoms with van der Waals surface area (Å²) < 4.78 is 14.7. The topological polar surface area (TPSA) is 41.6 Å². The Bertz CT molecular complexity index is 579. The monoisotopic (exact) mass is 249 g/mol. The first-order valence-corrected chi connectivity index (χ1v) is 5.36. The molecule has 17 heavy (non-hydrogen) atoms. The molecule has 0 aliphatic rings. The van der Waals surface area contributed by atoms with E-state index in [1.54, 1.807) is 17.8 Å². The number of benzene rings is 1. The molecule has 1 aromatic heterocycles. The number of aromatic nitrogens is 2. The number of halogens is 2. The lowest BCUT2D eigenvalue weighted by atomic mass is 10.1. The van der Waals surface area contributed by atoms with Crippen LogP contribution >= 0.6 is 11.6 Å². The van der Waals surface area contributed by atoms with Gasteiger partial charge in [0.25, 0.3) is 0 Å². The van der Waals surface area contributed by atoms with Crippen molar-refractivity contribution >= 4 is 11.6 Å². The smallest absolute Gasteiger partial charge is 0.123 e. The highest BCUT2D eigenvalue weighted by Crippen LogP contribution is 2.16. The third kappa shape index (κ3) is 2.45. The first-order chi connectivity index (χ1) is 8.10. The molecule has 0 unspecified atom stereocenters. The minimum absolute atomic E-state index is 0.328. The average Bonchev–Trinajstić information content (AvgIpc) is 2.58. The third-order valence-electron chi connectivity index (χ3n) is 2.41. The molecule has 0 aliphatic carbocycles. The van der Waals surface area contributed by atoms with Crippen molar-refractivity contribution < 1.29 is 4.39 Å². The van der Waals surface area contributed by atoms with Crippen LogP contribution in [0.25, 0.3) is 0 Å². The molecule has 0 saturated carbocycles. The van der Waals surface area contributed by atoms with E-state index in [0.29, 0.717) is 28.4 Å². The summed E-state index contributed by atoms with van der Waals surface area (Å²) in [6.45, 7) is 2.11. The number of hydrogen-bond donors (Lipinski definition) is 0. The van der Waals surface area contributed by atoms with E-state index in [1.807, 2.05) is 6.07 Å². The van der Waals surface area contributed by atoms with Gasteiger partial charge in [-0.2, -0.15) is 10.4 Å². The predicted octanol–water partition coefficient (Wildman–Crippen LogP) is 2.90. The Labute approximate surface area is 103 Å². The molecular formula is C12H9ClFN3. The molecule has 0 amide bonds. The molecule has 1 aromatic carbocycles. The van der Waals surface area contributed by atoms with Gasteiger partial charge in [0, 0.05) is 6.20 Å². The average molecular weight is 250 g/mol. The SMILES string of the molecule is Cc1nn(Cc2cc(F)ccc2C#N)cc1Cl. The van der Waals surface area contributed by atoms with Crippen molar-refractivity contribution in [3.05, 3.63) is 52.1 Å². The van der Waals surface area contributed by atoms with Crippen LogP contribution in [0.5, 0.6) is 0 Å². The van der Waals surface area contributed by atoms with E-state index < -0.39 is 0 Å². The zero-order chi connectivity index (χ0) is 12.4. The van der Waals surface area contributed by atoms with Crippen LogP contribution in [0.15, 0.2) is 24.4 Å².